The Hall–Kier alpha value is -1.39. The molecule has 0 radical (unpaired) electrons. The van der Waals surface area contributed by atoms with Gasteiger partial charge in [-0.3, -0.25) is 14.2 Å². The number of carbonyl (C=O) groups is 2. The van der Waals surface area contributed by atoms with E-state index >= 15 is 0 Å². The number of hydrogen-bond donors (Lipinski definition) is 2. The number of hydrogen-bond acceptors (Lipinski definition) is 6. The number of hydroxylamine groups is 2. The maximum atomic E-state index is 11.6. The molecule has 0 aromatic carbocycles. The standard InChI is InChI=1S/C10H18N2O7S/c1-6-7(11-9(14)19-10(2,3)4)8(13)12(6)18-5-20(15,16)17/h6-7H,5H2,1-4H3,(H,11,14)(H,15,16,17)/t6-,7-/m0/s1. The molecule has 2 amide bonds. The van der Waals surface area contributed by atoms with Gasteiger partial charge in [-0.1, -0.05) is 0 Å². The Kier molecular flexibility index (Phi) is 4.62. The topological polar surface area (TPSA) is 122 Å². The van der Waals surface area contributed by atoms with Crippen molar-refractivity contribution in [2.75, 3.05) is 5.94 Å². The Morgan fingerprint density at radius 1 is 1.45 bits per heavy atom. The Balaban J connectivity index is 2.49. The zero-order valence-electron chi connectivity index (χ0n) is 11.6. The fourth-order valence-corrected chi connectivity index (χ4v) is 1.77. The summed E-state index contributed by atoms with van der Waals surface area (Å²) < 4.78 is 34.5. The van der Waals surface area contributed by atoms with E-state index in [0.717, 1.165) is 5.06 Å². The second kappa shape index (κ2) is 5.54. The minimum Gasteiger partial charge on any atom is -0.444 e. The summed E-state index contributed by atoms with van der Waals surface area (Å²) in [4.78, 5) is 27.8. The van der Waals surface area contributed by atoms with Crippen LogP contribution in [-0.2, 0) is 24.5 Å². The van der Waals surface area contributed by atoms with Crippen LogP contribution in [0.2, 0.25) is 0 Å². The summed E-state index contributed by atoms with van der Waals surface area (Å²) in [6, 6.07) is -1.43. The van der Waals surface area contributed by atoms with Gasteiger partial charge in [0.1, 0.15) is 11.6 Å². The average molecular weight is 310 g/mol. The van der Waals surface area contributed by atoms with Crippen LogP contribution < -0.4 is 5.32 Å². The number of amides is 2. The predicted molar refractivity (Wildman–Crippen MR) is 67.0 cm³/mol. The molecule has 0 saturated carbocycles. The third-order valence-corrected chi connectivity index (χ3v) is 2.75. The summed E-state index contributed by atoms with van der Waals surface area (Å²) in [7, 11) is -4.33. The minimum absolute atomic E-state index is 0.572. The van der Waals surface area contributed by atoms with Gasteiger partial charge >= 0.3 is 6.09 Å². The lowest BCUT2D eigenvalue weighted by molar-refractivity contribution is -0.224. The molecule has 9 nitrogen and oxygen atoms in total. The Bertz CT molecular complexity index is 496. The van der Waals surface area contributed by atoms with Crippen molar-refractivity contribution in [2.45, 2.75) is 45.4 Å². The fourth-order valence-electron chi connectivity index (χ4n) is 1.52. The number of β-lactam (4-membered cyclic amide) rings is 1. The van der Waals surface area contributed by atoms with Crippen molar-refractivity contribution in [3.63, 3.8) is 0 Å². The van der Waals surface area contributed by atoms with Gasteiger partial charge in [0.15, 0.2) is 0 Å². The van der Waals surface area contributed by atoms with Crippen LogP contribution in [0.15, 0.2) is 0 Å². The lowest BCUT2D eigenvalue weighted by Crippen LogP contribution is -2.69. The van der Waals surface area contributed by atoms with Gasteiger partial charge in [-0.15, -0.1) is 0 Å². The van der Waals surface area contributed by atoms with Gasteiger partial charge in [-0.05, 0) is 27.7 Å². The second-order valence-electron chi connectivity index (χ2n) is 5.36. The molecule has 1 saturated heterocycles. The van der Waals surface area contributed by atoms with Gasteiger partial charge < -0.3 is 10.1 Å². The summed E-state index contributed by atoms with van der Waals surface area (Å²) in [6.45, 7) is 6.59. The van der Waals surface area contributed by atoms with E-state index in [1.165, 1.54) is 0 Å². The quantitative estimate of drug-likeness (QED) is 0.548. The van der Waals surface area contributed by atoms with E-state index in [1.807, 2.05) is 0 Å². The van der Waals surface area contributed by atoms with E-state index in [4.69, 9.17) is 9.29 Å². The molecule has 116 valence electrons. The molecular formula is C10H18N2O7S. The van der Waals surface area contributed by atoms with Crippen molar-refractivity contribution < 1.29 is 32.1 Å². The van der Waals surface area contributed by atoms with Crippen LogP contribution in [0.3, 0.4) is 0 Å². The Morgan fingerprint density at radius 2 is 2.00 bits per heavy atom. The summed E-state index contributed by atoms with van der Waals surface area (Å²) in [5, 5.41) is 3.13. The molecule has 1 aliphatic heterocycles. The first-order chi connectivity index (χ1) is 8.91. The van der Waals surface area contributed by atoms with E-state index in [1.54, 1.807) is 27.7 Å². The summed E-state index contributed by atoms with van der Waals surface area (Å²) in [6.07, 6.45) is -0.753. The predicted octanol–water partition coefficient (Wildman–Crippen LogP) is -0.113. The number of nitrogens with zero attached hydrogens (tertiary/aromatic N) is 1. The third-order valence-electron chi connectivity index (χ3n) is 2.35. The van der Waals surface area contributed by atoms with E-state index in [2.05, 4.69) is 10.2 Å². The van der Waals surface area contributed by atoms with Gasteiger partial charge in [0.2, 0.25) is 5.94 Å². The van der Waals surface area contributed by atoms with Crippen LogP contribution in [0.1, 0.15) is 27.7 Å². The monoisotopic (exact) mass is 310 g/mol. The SMILES string of the molecule is C[C@H]1[C@H](NC(=O)OC(C)(C)C)C(=O)N1OCS(=O)(=O)O. The van der Waals surface area contributed by atoms with Crippen molar-refractivity contribution in [3.8, 4) is 0 Å². The Morgan fingerprint density at radius 3 is 2.40 bits per heavy atom. The first-order valence-electron chi connectivity index (χ1n) is 5.81. The van der Waals surface area contributed by atoms with Crippen LogP contribution in [0.25, 0.3) is 0 Å². The van der Waals surface area contributed by atoms with Gasteiger partial charge in [0, 0.05) is 0 Å². The second-order valence-corrected chi connectivity index (χ2v) is 6.76. The highest BCUT2D eigenvalue weighted by atomic mass is 32.2. The number of carbonyl (C=O) groups excluding carboxylic acids is 2. The minimum atomic E-state index is -4.33. The molecule has 1 aliphatic rings. The first-order valence-corrected chi connectivity index (χ1v) is 7.42. The van der Waals surface area contributed by atoms with Crippen LogP contribution in [0.4, 0.5) is 4.79 Å². The first kappa shape index (κ1) is 16.7. The van der Waals surface area contributed by atoms with E-state index in [-0.39, 0.29) is 0 Å². The maximum absolute atomic E-state index is 11.6. The number of alkyl carbamates (subject to hydrolysis) is 1. The number of nitrogens with one attached hydrogen (secondary N) is 1. The van der Waals surface area contributed by atoms with Crippen molar-refractivity contribution >= 4 is 22.1 Å². The molecule has 0 spiro atoms. The molecular weight excluding hydrogens is 292 g/mol. The molecule has 1 heterocycles. The molecule has 20 heavy (non-hydrogen) atoms. The molecule has 2 atom stereocenters. The van der Waals surface area contributed by atoms with E-state index in [0.29, 0.717) is 0 Å². The highest BCUT2D eigenvalue weighted by Gasteiger charge is 2.47. The van der Waals surface area contributed by atoms with Crippen LogP contribution in [0, 0.1) is 0 Å². The maximum Gasteiger partial charge on any atom is 0.408 e. The normalized spacial score (nSPS) is 23.2. The lowest BCUT2D eigenvalue weighted by Gasteiger charge is -2.43. The molecule has 0 aromatic rings. The van der Waals surface area contributed by atoms with Gasteiger partial charge in [0.25, 0.3) is 16.0 Å². The van der Waals surface area contributed by atoms with Crippen molar-refractivity contribution in [1.82, 2.24) is 10.4 Å². The van der Waals surface area contributed by atoms with Crippen LogP contribution in [0.5, 0.6) is 0 Å². The molecule has 10 heteroatoms. The van der Waals surface area contributed by atoms with Crippen molar-refractivity contribution in [1.29, 1.82) is 0 Å². The van der Waals surface area contributed by atoms with Crippen molar-refractivity contribution in [2.24, 2.45) is 0 Å². The number of rotatable bonds is 4. The summed E-state index contributed by atoms with van der Waals surface area (Å²) in [5.74, 6) is -1.64. The molecule has 0 aromatic heterocycles. The van der Waals surface area contributed by atoms with Gasteiger partial charge in [0.05, 0.1) is 6.04 Å². The van der Waals surface area contributed by atoms with Crippen molar-refractivity contribution in [3.05, 3.63) is 0 Å². The molecule has 0 bridgehead atoms. The molecule has 1 rings (SSSR count). The smallest absolute Gasteiger partial charge is 0.408 e. The highest BCUT2D eigenvalue weighted by Crippen LogP contribution is 2.21. The Labute approximate surface area is 116 Å². The van der Waals surface area contributed by atoms with Gasteiger partial charge in [-0.2, -0.15) is 8.42 Å². The van der Waals surface area contributed by atoms with E-state index in [9.17, 15) is 18.0 Å². The average Bonchev–Trinajstić information content (AvgIpc) is 2.22. The lowest BCUT2D eigenvalue weighted by atomic mass is 10.0. The van der Waals surface area contributed by atoms with E-state index < -0.39 is 45.7 Å². The summed E-state index contributed by atoms with van der Waals surface area (Å²) in [5.41, 5.74) is -0.693. The highest BCUT2D eigenvalue weighted by molar-refractivity contribution is 7.85. The zero-order valence-corrected chi connectivity index (χ0v) is 12.4. The summed E-state index contributed by atoms with van der Waals surface area (Å²) >= 11 is 0. The van der Waals surface area contributed by atoms with Gasteiger partial charge in [-0.25, -0.2) is 9.86 Å². The molecule has 0 unspecified atom stereocenters. The molecule has 0 aliphatic carbocycles. The number of ether oxygens (including phenoxy) is 1. The zero-order chi connectivity index (χ0) is 15.7. The fraction of sp³-hybridized carbons (Fsp3) is 0.800. The van der Waals surface area contributed by atoms with Crippen LogP contribution >= 0.6 is 0 Å². The third kappa shape index (κ3) is 4.62. The largest absolute Gasteiger partial charge is 0.444 e. The molecule has 2 N–H and O–H groups in total. The van der Waals surface area contributed by atoms with Crippen LogP contribution in [-0.4, -0.2) is 53.7 Å². The molecule has 1 fully saturated rings.